The van der Waals surface area contributed by atoms with Crippen LogP contribution in [-0.2, 0) is 31.3 Å². The van der Waals surface area contributed by atoms with E-state index >= 15 is 0 Å². The van der Waals surface area contributed by atoms with Crippen LogP contribution >= 0.6 is 0 Å². The normalized spacial score (nSPS) is 4.54. The quantitative estimate of drug-likeness (QED) is 0.466. The van der Waals surface area contributed by atoms with Crippen LogP contribution in [0.5, 0.6) is 0 Å². The van der Waals surface area contributed by atoms with Crippen LogP contribution in [-0.4, -0.2) is 0 Å². The molecule has 68 valence electrons. The molecule has 0 heterocycles. The molecule has 0 fully saturated rings. The van der Waals surface area contributed by atoms with Crippen LogP contribution in [0.4, 0.5) is 0 Å². The summed E-state index contributed by atoms with van der Waals surface area (Å²) in [6.07, 6.45) is 0. The van der Waals surface area contributed by atoms with Gasteiger partial charge in [-0.3, -0.25) is 0 Å². The van der Waals surface area contributed by atoms with Crippen LogP contribution < -0.4 is 0 Å². The van der Waals surface area contributed by atoms with Crippen molar-refractivity contribution in [3.8, 4) is 0 Å². The van der Waals surface area contributed by atoms with E-state index in [4.69, 9.17) is 14.0 Å². The van der Waals surface area contributed by atoms with Crippen molar-refractivity contribution in [2.75, 3.05) is 0 Å². The number of aryl methyl sites for hydroxylation is 1. The first-order valence-corrected chi connectivity index (χ1v) is 2.69. The zero-order valence-corrected chi connectivity index (χ0v) is 8.22. The number of hydrogen-bond donors (Lipinski definition) is 0. The van der Waals surface area contributed by atoms with Crippen LogP contribution in [0.25, 0.3) is 0 Å². The Hall–Kier alpha value is -0.898. The average Bonchev–Trinajstić information content (AvgIpc) is 2.66. The summed E-state index contributed by atoms with van der Waals surface area (Å²) >= 11 is 0. The van der Waals surface area contributed by atoms with Crippen LogP contribution in [0, 0.1) is 26.9 Å². The molecule has 0 atom stereocenters. The SMILES string of the molecule is Cc1ccc[cH-]1.[C-]#[O+].[C-]#[O+].[C-]#[O+].[Cr]. The largest absolute Gasteiger partial charge is 0 e. The molecule has 0 saturated heterocycles. The molecular formula is C9H7CrO3-. The van der Waals surface area contributed by atoms with Crippen molar-refractivity contribution in [2.24, 2.45) is 0 Å². The smallest absolute Gasteiger partial charge is 0 e. The molecule has 0 aliphatic rings. The van der Waals surface area contributed by atoms with Gasteiger partial charge in [0.15, 0.2) is 0 Å². The summed E-state index contributed by atoms with van der Waals surface area (Å²) in [6, 6.07) is 8.24. The zero-order valence-electron chi connectivity index (χ0n) is 6.94. The Labute approximate surface area is 88.4 Å². The molecule has 1 aromatic rings. The van der Waals surface area contributed by atoms with Crippen molar-refractivity contribution in [3.63, 3.8) is 0 Å². The van der Waals surface area contributed by atoms with Crippen molar-refractivity contribution in [2.45, 2.75) is 6.92 Å². The van der Waals surface area contributed by atoms with Gasteiger partial charge in [0.1, 0.15) is 0 Å². The van der Waals surface area contributed by atoms with Gasteiger partial charge in [-0.15, -0.1) is 0 Å². The first-order chi connectivity index (χ1) is 5.89. The summed E-state index contributed by atoms with van der Waals surface area (Å²) in [5.74, 6) is 0. The Bertz CT molecular complexity index is 194. The molecule has 13 heavy (non-hydrogen) atoms. The standard InChI is InChI=1S/C6H7.3CO.Cr/c1-6-4-2-3-5-6;3*1-2;/h2-5H,1H3;;;;/q-1;;;;. The Kier molecular flexibility index (Phi) is 53.2. The average molecular weight is 215 g/mol. The van der Waals surface area contributed by atoms with Crippen LogP contribution in [0.3, 0.4) is 0 Å². The van der Waals surface area contributed by atoms with Crippen LogP contribution in [0.1, 0.15) is 5.56 Å². The van der Waals surface area contributed by atoms with Gasteiger partial charge in [-0.1, -0.05) is 6.92 Å². The molecular weight excluding hydrogens is 208 g/mol. The van der Waals surface area contributed by atoms with Crippen molar-refractivity contribution in [3.05, 3.63) is 49.8 Å². The summed E-state index contributed by atoms with van der Waals surface area (Å²) in [7, 11) is 0. The third-order valence-electron chi connectivity index (χ3n) is 0.829. The maximum atomic E-state index is 7.50. The Morgan fingerprint density at radius 1 is 1.08 bits per heavy atom. The molecule has 1 rings (SSSR count). The summed E-state index contributed by atoms with van der Waals surface area (Å²) in [6.45, 7) is 15.6. The number of hydrogen-bond acceptors (Lipinski definition) is 0. The van der Waals surface area contributed by atoms with Crippen molar-refractivity contribution >= 4 is 0 Å². The van der Waals surface area contributed by atoms with Gasteiger partial charge in [0, 0.05) is 17.4 Å². The predicted molar refractivity (Wildman–Crippen MR) is 38.6 cm³/mol. The Morgan fingerprint density at radius 2 is 1.46 bits per heavy atom. The molecule has 0 aliphatic carbocycles. The van der Waals surface area contributed by atoms with Crippen molar-refractivity contribution in [1.29, 1.82) is 0 Å². The van der Waals surface area contributed by atoms with E-state index in [-0.39, 0.29) is 17.4 Å². The fourth-order valence-electron chi connectivity index (χ4n) is 0.470. The summed E-state index contributed by atoms with van der Waals surface area (Å²) in [4.78, 5) is 0. The van der Waals surface area contributed by atoms with Crippen molar-refractivity contribution in [1.82, 2.24) is 0 Å². The molecule has 0 bridgehead atoms. The topological polar surface area (TPSA) is 59.7 Å². The summed E-state index contributed by atoms with van der Waals surface area (Å²) in [5.41, 5.74) is 1.34. The van der Waals surface area contributed by atoms with E-state index in [1.54, 1.807) is 0 Å². The van der Waals surface area contributed by atoms with Gasteiger partial charge in [-0.25, -0.2) is 12.1 Å². The monoisotopic (exact) mass is 215 g/mol. The second-order valence-corrected chi connectivity index (χ2v) is 1.46. The Balaban J connectivity index is -0.0000000508. The molecule has 0 amide bonds. The first kappa shape index (κ1) is 22.7. The molecule has 0 spiro atoms. The van der Waals surface area contributed by atoms with Gasteiger partial charge in [-0.05, 0) is 0 Å². The van der Waals surface area contributed by atoms with E-state index in [1.165, 1.54) is 5.56 Å². The molecule has 0 N–H and O–H groups in total. The fourth-order valence-corrected chi connectivity index (χ4v) is 0.470. The maximum absolute atomic E-state index is 7.50. The number of rotatable bonds is 0. The second kappa shape index (κ2) is 30.4. The van der Waals surface area contributed by atoms with Crippen LogP contribution in [0.15, 0.2) is 24.3 Å². The van der Waals surface area contributed by atoms with E-state index in [2.05, 4.69) is 39.0 Å². The Morgan fingerprint density at radius 3 is 1.54 bits per heavy atom. The minimum Gasteiger partial charge on any atom is 0 e. The summed E-state index contributed by atoms with van der Waals surface area (Å²) in [5, 5.41) is 0. The van der Waals surface area contributed by atoms with E-state index in [9.17, 15) is 0 Å². The van der Waals surface area contributed by atoms with Crippen molar-refractivity contribution < 1.29 is 31.3 Å². The molecule has 0 unspecified atom stereocenters. The van der Waals surface area contributed by atoms with E-state index in [0.717, 1.165) is 0 Å². The molecule has 3 nitrogen and oxygen atoms in total. The zero-order chi connectivity index (χ0) is 10.4. The van der Waals surface area contributed by atoms with Gasteiger partial charge in [0.25, 0.3) is 0 Å². The van der Waals surface area contributed by atoms with Gasteiger partial charge < -0.3 is 0 Å². The van der Waals surface area contributed by atoms with E-state index < -0.39 is 0 Å². The first-order valence-electron chi connectivity index (χ1n) is 2.69. The molecule has 0 aliphatic heterocycles. The predicted octanol–water partition coefficient (Wildman–Crippen LogP) is 1.60. The second-order valence-electron chi connectivity index (χ2n) is 1.46. The molecule has 4 heteroatoms. The minimum atomic E-state index is 0. The van der Waals surface area contributed by atoms with Crippen LogP contribution in [0.2, 0.25) is 0 Å². The van der Waals surface area contributed by atoms with E-state index in [0.29, 0.717) is 0 Å². The molecule has 0 saturated carbocycles. The third kappa shape index (κ3) is 24.7. The third-order valence-corrected chi connectivity index (χ3v) is 0.829. The maximum Gasteiger partial charge on any atom is 0 e. The van der Waals surface area contributed by atoms with E-state index in [1.807, 2.05) is 12.1 Å². The van der Waals surface area contributed by atoms with Gasteiger partial charge >= 0.3 is 33.9 Å². The molecule has 0 aromatic heterocycles. The molecule has 0 radical (unpaired) electrons. The fraction of sp³-hybridized carbons (Fsp3) is 0.111. The van der Waals surface area contributed by atoms with Gasteiger partial charge in [0.05, 0.1) is 0 Å². The van der Waals surface area contributed by atoms with Gasteiger partial charge in [-0.2, -0.15) is 17.7 Å². The minimum absolute atomic E-state index is 0. The summed E-state index contributed by atoms with van der Waals surface area (Å²) < 4.78 is 22.5. The van der Waals surface area contributed by atoms with Gasteiger partial charge in [0.2, 0.25) is 0 Å². The molecule has 1 aromatic carbocycles.